The lowest BCUT2D eigenvalue weighted by molar-refractivity contribution is 0.620. The molecule has 6 aromatic carbocycles. The van der Waals surface area contributed by atoms with Crippen molar-refractivity contribution in [1.29, 1.82) is 0 Å². The van der Waals surface area contributed by atoms with Crippen molar-refractivity contribution in [3.05, 3.63) is 133 Å². The van der Waals surface area contributed by atoms with Gasteiger partial charge >= 0.3 is 0 Å². The Labute approximate surface area is 249 Å². The summed E-state index contributed by atoms with van der Waals surface area (Å²) in [4.78, 5) is 7.16. The van der Waals surface area contributed by atoms with Crippen LogP contribution in [0.1, 0.15) is 0 Å². The second kappa shape index (κ2) is 9.28. The third-order valence-electron chi connectivity index (χ3n) is 7.88. The SMILES string of the molecule is c1ccc(-c2nc3cc4sc5cc(N(c6ccccc6)c6ccc7c(c6)sc6ccccc67)ccc5c4cc3o2)cc1. The number of para-hydroxylation sites is 1. The molecule has 0 amide bonds. The molecule has 0 radical (unpaired) electrons. The number of aromatic nitrogens is 1. The van der Waals surface area contributed by atoms with Gasteiger partial charge in [0.15, 0.2) is 5.58 Å². The summed E-state index contributed by atoms with van der Waals surface area (Å²) in [6.07, 6.45) is 0. The molecule has 0 bridgehead atoms. The molecule has 0 atom stereocenters. The number of benzene rings is 6. The van der Waals surface area contributed by atoms with E-state index in [-0.39, 0.29) is 0 Å². The van der Waals surface area contributed by atoms with Gasteiger partial charge < -0.3 is 9.32 Å². The fraction of sp³-hybridized carbons (Fsp3) is 0. The molecule has 0 N–H and O–H groups in total. The van der Waals surface area contributed by atoms with E-state index in [1.165, 1.54) is 40.3 Å². The van der Waals surface area contributed by atoms with Crippen LogP contribution in [0.4, 0.5) is 17.1 Å². The molecule has 0 aliphatic rings. The average molecular weight is 575 g/mol. The van der Waals surface area contributed by atoms with E-state index in [1.54, 1.807) is 11.3 Å². The van der Waals surface area contributed by atoms with Crippen molar-refractivity contribution in [3.8, 4) is 11.5 Å². The van der Waals surface area contributed by atoms with Gasteiger partial charge in [0.1, 0.15) is 5.52 Å². The molecule has 0 unspecified atom stereocenters. The fourth-order valence-corrected chi connectivity index (χ4v) is 8.20. The summed E-state index contributed by atoms with van der Waals surface area (Å²) in [6.45, 7) is 0. The predicted molar refractivity (Wildman–Crippen MR) is 180 cm³/mol. The molecule has 3 nitrogen and oxygen atoms in total. The van der Waals surface area contributed by atoms with Crippen LogP contribution in [0, 0.1) is 0 Å². The highest BCUT2D eigenvalue weighted by Gasteiger charge is 2.17. The van der Waals surface area contributed by atoms with Gasteiger partial charge in [-0.3, -0.25) is 0 Å². The molecule has 0 aliphatic carbocycles. The Kier molecular flexibility index (Phi) is 5.24. The number of nitrogens with zero attached hydrogens (tertiary/aromatic N) is 2. The lowest BCUT2D eigenvalue weighted by atomic mass is 10.1. The first-order valence-electron chi connectivity index (χ1n) is 13.9. The van der Waals surface area contributed by atoms with Gasteiger partial charge in [-0.2, -0.15) is 0 Å². The first-order valence-corrected chi connectivity index (χ1v) is 15.5. The van der Waals surface area contributed by atoms with Crippen molar-refractivity contribution >= 4 is 91.2 Å². The van der Waals surface area contributed by atoms with Gasteiger partial charge in [-0.1, -0.05) is 66.7 Å². The molecular formula is C37H22N2OS2. The third kappa shape index (κ3) is 3.75. The molecule has 42 heavy (non-hydrogen) atoms. The Morgan fingerprint density at radius 2 is 1.07 bits per heavy atom. The number of hydrogen-bond donors (Lipinski definition) is 0. The topological polar surface area (TPSA) is 29.3 Å². The maximum absolute atomic E-state index is 6.20. The van der Waals surface area contributed by atoms with Crippen molar-refractivity contribution in [2.45, 2.75) is 0 Å². The normalized spacial score (nSPS) is 11.8. The number of oxazole rings is 1. The van der Waals surface area contributed by atoms with Gasteiger partial charge in [0.05, 0.1) is 0 Å². The summed E-state index contributed by atoms with van der Waals surface area (Å²) in [5.74, 6) is 0.656. The highest BCUT2D eigenvalue weighted by molar-refractivity contribution is 7.26. The molecule has 0 saturated carbocycles. The van der Waals surface area contributed by atoms with Crippen LogP contribution < -0.4 is 4.90 Å². The molecule has 3 aromatic heterocycles. The van der Waals surface area contributed by atoms with Gasteiger partial charge in [0.25, 0.3) is 0 Å². The highest BCUT2D eigenvalue weighted by atomic mass is 32.1. The van der Waals surface area contributed by atoms with Crippen molar-refractivity contribution < 1.29 is 4.42 Å². The van der Waals surface area contributed by atoms with E-state index in [0.717, 1.165) is 33.7 Å². The third-order valence-corrected chi connectivity index (χ3v) is 10.1. The monoisotopic (exact) mass is 574 g/mol. The quantitative estimate of drug-likeness (QED) is 0.209. The van der Waals surface area contributed by atoms with Crippen LogP contribution in [0.25, 0.3) is 62.9 Å². The molecule has 9 aromatic rings. The molecule has 0 aliphatic heterocycles. The van der Waals surface area contributed by atoms with E-state index in [0.29, 0.717) is 5.89 Å². The van der Waals surface area contributed by atoms with Crippen LogP contribution in [-0.2, 0) is 0 Å². The zero-order valence-corrected chi connectivity index (χ0v) is 24.0. The first kappa shape index (κ1) is 23.7. The number of anilines is 3. The lowest BCUT2D eigenvalue weighted by Crippen LogP contribution is -2.09. The summed E-state index contributed by atoms with van der Waals surface area (Å²) >= 11 is 3.65. The molecule has 0 spiro atoms. The van der Waals surface area contributed by atoms with Crippen LogP contribution in [0.5, 0.6) is 0 Å². The summed E-state index contributed by atoms with van der Waals surface area (Å²) in [5.41, 5.74) is 6.10. The van der Waals surface area contributed by atoms with E-state index < -0.39 is 0 Å². The molecule has 198 valence electrons. The smallest absolute Gasteiger partial charge is 0.227 e. The van der Waals surface area contributed by atoms with Crippen molar-refractivity contribution in [3.63, 3.8) is 0 Å². The minimum atomic E-state index is 0.656. The second-order valence-corrected chi connectivity index (χ2v) is 12.6. The van der Waals surface area contributed by atoms with Crippen LogP contribution in [0.15, 0.2) is 138 Å². The number of hydrogen-bond acceptors (Lipinski definition) is 5. The van der Waals surface area contributed by atoms with Gasteiger partial charge in [0, 0.05) is 63.0 Å². The van der Waals surface area contributed by atoms with Gasteiger partial charge in [-0.05, 0) is 66.7 Å². The predicted octanol–water partition coefficient (Wildman–Crippen LogP) is 11.7. The van der Waals surface area contributed by atoms with E-state index in [4.69, 9.17) is 9.40 Å². The average Bonchev–Trinajstić information content (AvgIpc) is 3.73. The zero-order valence-electron chi connectivity index (χ0n) is 22.3. The first-order chi connectivity index (χ1) is 20.8. The Balaban J connectivity index is 1.19. The van der Waals surface area contributed by atoms with E-state index in [2.05, 4.69) is 108 Å². The maximum atomic E-state index is 6.20. The van der Waals surface area contributed by atoms with Gasteiger partial charge in [0.2, 0.25) is 5.89 Å². The Bertz CT molecular complexity index is 2420. The number of thiophene rings is 2. The molecule has 5 heteroatoms. The maximum Gasteiger partial charge on any atom is 0.227 e. The van der Waals surface area contributed by atoms with Crippen molar-refractivity contribution in [1.82, 2.24) is 4.98 Å². The van der Waals surface area contributed by atoms with E-state index in [9.17, 15) is 0 Å². The van der Waals surface area contributed by atoms with Crippen LogP contribution in [-0.4, -0.2) is 4.98 Å². The minimum Gasteiger partial charge on any atom is -0.436 e. The van der Waals surface area contributed by atoms with Gasteiger partial charge in [-0.15, -0.1) is 22.7 Å². The van der Waals surface area contributed by atoms with Crippen LogP contribution in [0.2, 0.25) is 0 Å². The standard InChI is InChI=1S/C37H22N2OS2/c1-3-9-23(10-4-1)37-38-31-22-36-30(21-32(31)40-37)29-18-16-26(20-35(29)42-36)39(24-11-5-2-6-12-24)25-15-17-28-27-13-7-8-14-33(27)41-34(28)19-25/h1-22H. The second-order valence-electron chi connectivity index (χ2n) is 10.4. The summed E-state index contributed by atoms with van der Waals surface area (Å²) in [6, 6.07) is 47.3. The Hall–Kier alpha value is -4.97. The number of rotatable bonds is 4. The van der Waals surface area contributed by atoms with E-state index >= 15 is 0 Å². The molecule has 3 heterocycles. The van der Waals surface area contributed by atoms with Crippen molar-refractivity contribution in [2.24, 2.45) is 0 Å². The lowest BCUT2D eigenvalue weighted by Gasteiger charge is -2.25. The largest absolute Gasteiger partial charge is 0.436 e. The molecular weight excluding hydrogens is 553 g/mol. The Morgan fingerprint density at radius 3 is 1.83 bits per heavy atom. The summed E-state index contributed by atoms with van der Waals surface area (Å²) in [5, 5.41) is 5.05. The Morgan fingerprint density at radius 1 is 0.476 bits per heavy atom. The summed E-state index contributed by atoms with van der Waals surface area (Å²) in [7, 11) is 0. The zero-order chi connectivity index (χ0) is 27.6. The number of fused-ring (bicyclic) bond motifs is 7. The van der Waals surface area contributed by atoms with Crippen LogP contribution in [0.3, 0.4) is 0 Å². The summed E-state index contributed by atoms with van der Waals surface area (Å²) < 4.78 is 11.3. The van der Waals surface area contributed by atoms with Crippen LogP contribution >= 0.6 is 22.7 Å². The minimum absolute atomic E-state index is 0.656. The molecule has 9 rings (SSSR count). The van der Waals surface area contributed by atoms with E-state index in [1.807, 2.05) is 41.7 Å². The fourth-order valence-electron chi connectivity index (χ4n) is 5.91. The molecule has 0 fully saturated rings. The van der Waals surface area contributed by atoms with Crippen molar-refractivity contribution in [2.75, 3.05) is 4.90 Å². The highest BCUT2D eigenvalue weighted by Crippen LogP contribution is 2.43. The molecule has 0 saturated heterocycles. The van der Waals surface area contributed by atoms with Gasteiger partial charge in [-0.25, -0.2) is 4.98 Å².